The number of ether oxygens (including phenoxy) is 1. The highest BCUT2D eigenvalue weighted by atomic mass is 16.5. The normalized spacial score (nSPS) is 13.4. The van der Waals surface area contributed by atoms with E-state index in [1.165, 1.54) is 0 Å². The van der Waals surface area contributed by atoms with Gasteiger partial charge in [0.15, 0.2) is 12.3 Å². The summed E-state index contributed by atoms with van der Waals surface area (Å²) in [6, 6.07) is 20.8. The SMILES string of the molecule is O=C(OCc1nnc(-c2ccccc2)o1)c1cc(C2CC2)nn1-c1ccccc1. The van der Waals surface area contributed by atoms with Crippen molar-refractivity contribution in [1.29, 1.82) is 0 Å². The largest absolute Gasteiger partial charge is 0.451 e. The molecule has 0 unspecified atom stereocenters. The van der Waals surface area contributed by atoms with Gasteiger partial charge in [-0.2, -0.15) is 5.10 Å². The number of para-hydroxylation sites is 1. The van der Waals surface area contributed by atoms with E-state index < -0.39 is 5.97 Å². The molecular formula is C22H18N4O3. The van der Waals surface area contributed by atoms with Crippen molar-refractivity contribution in [2.45, 2.75) is 25.4 Å². The molecule has 2 aromatic carbocycles. The van der Waals surface area contributed by atoms with Crippen molar-refractivity contribution in [1.82, 2.24) is 20.0 Å². The summed E-state index contributed by atoms with van der Waals surface area (Å²) in [5.41, 5.74) is 2.94. The van der Waals surface area contributed by atoms with Crippen molar-refractivity contribution in [3.8, 4) is 17.1 Å². The molecule has 0 radical (unpaired) electrons. The minimum atomic E-state index is -0.479. The Morgan fingerprint density at radius 2 is 1.76 bits per heavy atom. The first-order valence-corrected chi connectivity index (χ1v) is 9.48. The molecule has 144 valence electrons. The molecule has 5 rings (SSSR count). The fourth-order valence-electron chi connectivity index (χ4n) is 3.10. The molecule has 0 saturated heterocycles. The van der Waals surface area contributed by atoms with Crippen molar-refractivity contribution in [3.05, 3.63) is 84.0 Å². The van der Waals surface area contributed by atoms with E-state index in [1.54, 1.807) is 4.68 Å². The molecule has 1 aliphatic rings. The van der Waals surface area contributed by atoms with Crippen LogP contribution in [0.2, 0.25) is 0 Å². The van der Waals surface area contributed by atoms with Gasteiger partial charge in [-0.15, -0.1) is 10.2 Å². The van der Waals surface area contributed by atoms with Crippen molar-refractivity contribution < 1.29 is 13.9 Å². The lowest BCUT2D eigenvalue weighted by atomic mass is 10.2. The Labute approximate surface area is 167 Å². The molecule has 1 aliphatic carbocycles. The summed E-state index contributed by atoms with van der Waals surface area (Å²) in [6.45, 7) is -0.0998. The third-order valence-corrected chi connectivity index (χ3v) is 4.75. The zero-order chi connectivity index (χ0) is 19.6. The average Bonchev–Trinajstić information content (AvgIpc) is 3.35. The smallest absolute Gasteiger partial charge is 0.357 e. The van der Waals surface area contributed by atoms with Gasteiger partial charge in [0, 0.05) is 11.5 Å². The van der Waals surface area contributed by atoms with Gasteiger partial charge in [-0.05, 0) is 43.2 Å². The topological polar surface area (TPSA) is 83.0 Å². The monoisotopic (exact) mass is 386 g/mol. The number of rotatable bonds is 6. The van der Waals surface area contributed by atoms with Crippen LogP contribution in [0.1, 0.15) is 40.8 Å². The van der Waals surface area contributed by atoms with E-state index in [9.17, 15) is 4.79 Å². The predicted octanol–water partition coefficient (Wildman–Crippen LogP) is 4.16. The Hall–Kier alpha value is -3.74. The van der Waals surface area contributed by atoms with Crippen LogP contribution in [-0.4, -0.2) is 25.9 Å². The number of nitrogens with zero attached hydrogens (tertiary/aromatic N) is 4. The van der Waals surface area contributed by atoms with E-state index in [-0.39, 0.29) is 12.5 Å². The molecule has 2 aromatic heterocycles. The maximum atomic E-state index is 12.8. The molecule has 1 saturated carbocycles. The number of hydrogen-bond acceptors (Lipinski definition) is 6. The van der Waals surface area contributed by atoms with Gasteiger partial charge in [0.25, 0.3) is 5.89 Å². The van der Waals surface area contributed by atoms with Crippen LogP contribution in [-0.2, 0) is 11.3 Å². The van der Waals surface area contributed by atoms with Gasteiger partial charge in [-0.25, -0.2) is 9.48 Å². The molecule has 0 atom stereocenters. The molecule has 0 spiro atoms. The van der Waals surface area contributed by atoms with Crippen LogP contribution in [0, 0.1) is 0 Å². The average molecular weight is 386 g/mol. The van der Waals surface area contributed by atoms with Crippen LogP contribution in [0.4, 0.5) is 0 Å². The molecule has 0 aliphatic heterocycles. The van der Waals surface area contributed by atoms with Gasteiger partial charge >= 0.3 is 5.97 Å². The van der Waals surface area contributed by atoms with Crippen LogP contribution in [0.15, 0.2) is 71.1 Å². The molecule has 4 aromatic rings. The lowest BCUT2D eigenvalue weighted by Crippen LogP contribution is -2.12. The molecule has 7 nitrogen and oxygen atoms in total. The Balaban J connectivity index is 1.34. The number of esters is 1. The number of aromatic nitrogens is 4. The Morgan fingerprint density at radius 1 is 1.03 bits per heavy atom. The number of carbonyl (C=O) groups excluding carboxylic acids is 1. The van der Waals surface area contributed by atoms with Crippen LogP contribution >= 0.6 is 0 Å². The van der Waals surface area contributed by atoms with Crippen molar-refractivity contribution in [3.63, 3.8) is 0 Å². The molecular weight excluding hydrogens is 368 g/mol. The summed E-state index contributed by atoms with van der Waals surface area (Å²) in [7, 11) is 0. The molecule has 1 fully saturated rings. The van der Waals surface area contributed by atoms with Crippen molar-refractivity contribution >= 4 is 5.97 Å². The van der Waals surface area contributed by atoms with Gasteiger partial charge in [0.05, 0.1) is 11.4 Å². The van der Waals surface area contributed by atoms with E-state index in [4.69, 9.17) is 9.15 Å². The Kier molecular flexibility index (Phi) is 4.40. The lowest BCUT2D eigenvalue weighted by molar-refractivity contribution is 0.0428. The third-order valence-electron chi connectivity index (χ3n) is 4.75. The molecule has 2 heterocycles. The third kappa shape index (κ3) is 3.67. The van der Waals surface area contributed by atoms with Gasteiger partial charge in [-0.1, -0.05) is 36.4 Å². The quantitative estimate of drug-likeness (QED) is 0.463. The number of benzene rings is 2. The first-order chi connectivity index (χ1) is 14.3. The van der Waals surface area contributed by atoms with Gasteiger partial charge in [0.2, 0.25) is 5.89 Å². The van der Waals surface area contributed by atoms with Crippen molar-refractivity contribution in [2.24, 2.45) is 0 Å². The summed E-state index contributed by atoms with van der Waals surface area (Å²) in [6.07, 6.45) is 2.20. The van der Waals surface area contributed by atoms with Crippen LogP contribution in [0.25, 0.3) is 17.1 Å². The van der Waals surface area contributed by atoms with E-state index in [2.05, 4.69) is 15.3 Å². The zero-order valence-electron chi connectivity index (χ0n) is 15.6. The minimum Gasteiger partial charge on any atom is -0.451 e. The second-order valence-corrected chi connectivity index (χ2v) is 6.92. The summed E-state index contributed by atoms with van der Waals surface area (Å²) in [5.74, 6) is 0.580. The second-order valence-electron chi connectivity index (χ2n) is 6.92. The summed E-state index contributed by atoms with van der Waals surface area (Å²) in [5, 5.41) is 12.6. The fourth-order valence-corrected chi connectivity index (χ4v) is 3.10. The van der Waals surface area contributed by atoms with E-state index in [1.807, 2.05) is 66.7 Å². The Morgan fingerprint density at radius 3 is 2.48 bits per heavy atom. The van der Waals surface area contributed by atoms with Crippen LogP contribution in [0.3, 0.4) is 0 Å². The highest BCUT2D eigenvalue weighted by Gasteiger charge is 2.29. The van der Waals surface area contributed by atoms with E-state index in [0.717, 1.165) is 29.8 Å². The second kappa shape index (κ2) is 7.35. The summed E-state index contributed by atoms with van der Waals surface area (Å²) < 4.78 is 12.7. The van der Waals surface area contributed by atoms with Crippen LogP contribution < -0.4 is 0 Å². The minimum absolute atomic E-state index is 0.0998. The predicted molar refractivity (Wildman–Crippen MR) is 104 cm³/mol. The summed E-state index contributed by atoms with van der Waals surface area (Å²) >= 11 is 0. The lowest BCUT2D eigenvalue weighted by Gasteiger charge is -2.06. The maximum Gasteiger partial charge on any atom is 0.357 e. The number of carbonyl (C=O) groups is 1. The molecule has 0 bridgehead atoms. The number of hydrogen-bond donors (Lipinski definition) is 0. The van der Waals surface area contributed by atoms with Crippen LogP contribution in [0.5, 0.6) is 0 Å². The first kappa shape index (κ1) is 17.4. The molecule has 0 N–H and O–H groups in total. The zero-order valence-corrected chi connectivity index (χ0v) is 15.6. The highest BCUT2D eigenvalue weighted by Crippen LogP contribution is 2.39. The first-order valence-electron chi connectivity index (χ1n) is 9.48. The maximum absolute atomic E-state index is 12.8. The highest BCUT2D eigenvalue weighted by molar-refractivity contribution is 5.88. The molecule has 7 heteroatoms. The van der Waals surface area contributed by atoms with Crippen molar-refractivity contribution in [2.75, 3.05) is 0 Å². The molecule has 29 heavy (non-hydrogen) atoms. The van der Waals surface area contributed by atoms with E-state index >= 15 is 0 Å². The van der Waals surface area contributed by atoms with E-state index in [0.29, 0.717) is 17.5 Å². The van der Waals surface area contributed by atoms with Gasteiger partial charge < -0.3 is 9.15 Å². The molecule has 0 amide bonds. The summed E-state index contributed by atoms with van der Waals surface area (Å²) in [4.78, 5) is 12.8. The standard InChI is InChI=1S/C22H18N4O3/c27-22(28-14-20-23-24-21(29-20)16-7-3-1-4-8-16)19-13-18(15-11-12-15)25-26(19)17-9-5-2-6-10-17/h1-10,13,15H,11-12,14H2. The van der Waals surface area contributed by atoms with Gasteiger partial charge in [0.1, 0.15) is 0 Å². The fraction of sp³-hybridized carbons (Fsp3) is 0.182. The van der Waals surface area contributed by atoms with Gasteiger partial charge in [-0.3, -0.25) is 0 Å². The Bertz CT molecular complexity index is 1130.